The number of carbonyl (C=O) groups excluding carboxylic acids is 1. The SMILES string of the molecule is COc1cc(COC(=O)C=Cc2ccc(C)cc2)cc(OC)c1OC. The second kappa shape index (κ2) is 8.78. The van der Waals surface area contributed by atoms with Gasteiger partial charge in [0.05, 0.1) is 21.3 Å². The summed E-state index contributed by atoms with van der Waals surface area (Å²) in [5.41, 5.74) is 2.85. The Hall–Kier alpha value is -2.95. The van der Waals surface area contributed by atoms with Crippen molar-refractivity contribution < 1.29 is 23.7 Å². The van der Waals surface area contributed by atoms with Gasteiger partial charge in [0, 0.05) is 6.08 Å². The molecule has 2 rings (SSSR count). The van der Waals surface area contributed by atoms with Crippen LogP contribution in [0.2, 0.25) is 0 Å². The molecule has 0 atom stereocenters. The fourth-order valence-electron chi connectivity index (χ4n) is 2.26. The van der Waals surface area contributed by atoms with Gasteiger partial charge >= 0.3 is 5.97 Å². The number of ether oxygens (including phenoxy) is 4. The Kier molecular flexibility index (Phi) is 6.46. The fraction of sp³-hybridized carbons (Fsp3) is 0.250. The van der Waals surface area contributed by atoms with Crippen LogP contribution in [-0.2, 0) is 16.1 Å². The first-order chi connectivity index (χ1) is 12.1. The van der Waals surface area contributed by atoms with E-state index in [1.807, 2.05) is 31.2 Å². The molecule has 0 heterocycles. The van der Waals surface area contributed by atoms with Crippen LogP contribution in [0.25, 0.3) is 6.08 Å². The molecule has 0 bridgehead atoms. The van der Waals surface area contributed by atoms with Crippen LogP contribution in [0.4, 0.5) is 0 Å². The molecule has 0 aliphatic heterocycles. The normalized spacial score (nSPS) is 10.6. The largest absolute Gasteiger partial charge is 0.493 e. The molecule has 5 nitrogen and oxygen atoms in total. The van der Waals surface area contributed by atoms with Crippen LogP contribution in [0.1, 0.15) is 16.7 Å². The third-order valence-corrected chi connectivity index (χ3v) is 3.59. The van der Waals surface area contributed by atoms with Gasteiger partial charge < -0.3 is 18.9 Å². The minimum absolute atomic E-state index is 0.105. The summed E-state index contributed by atoms with van der Waals surface area (Å²) in [6.45, 7) is 2.12. The molecular weight excluding hydrogens is 320 g/mol. The second-order valence-corrected chi connectivity index (χ2v) is 5.39. The lowest BCUT2D eigenvalue weighted by Crippen LogP contribution is -2.02. The quantitative estimate of drug-likeness (QED) is 0.566. The number of hydrogen-bond donors (Lipinski definition) is 0. The first-order valence-corrected chi connectivity index (χ1v) is 7.77. The molecule has 5 heteroatoms. The van der Waals surface area contributed by atoms with Crippen molar-refractivity contribution in [3.63, 3.8) is 0 Å². The maximum atomic E-state index is 11.9. The van der Waals surface area contributed by atoms with E-state index in [4.69, 9.17) is 18.9 Å². The van der Waals surface area contributed by atoms with Gasteiger partial charge in [-0.15, -0.1) is 0 Å². The third-order valence-electron chi connectivity index (χ3n) is 3.59. The van der Waals surface area contributed by atoms with Crippen LogP contribution in [0.5, 0.6) is 17.2 Å². The standard InChI is InChI=1S/C20H22O5/c1-14-5-7-15(8-6-14)9-10-19(21)25-13-16-11-17(22-2)20(24-4)18(12-16)23-3/h5-12H,13H2,1-4H3. The zero-order valence-corrected chi connectivity index (χ0v) is 14.9. The molecule has 0 saturated carbocycles. The molecule has 0 aromatic heterocycles. The molecule has 0 aliphatic rings. The van der Waals surface area contributed by atoms with Crippen molar-refractivity contribution in [1.29, 1.82) is 0 Å². The minimum Gasteiger partial charge on any atom is -0.493 e. The number of aryl methyl sites for hydroxylation is 1. The summed E-state index contributed by atoms with van der Waals surface area (Å²) in [6.07, 6.45) is 3.12. The summed E-state index contributed by atoms with van der Waals surface area (Å²) >= 11 is 0. The molecule has 25 heavy (non-hydrogen) atoms. The summed E-state index contributed by atoms with van der Waals surface area (Å²) in [4.78, 5) is 11.9. The zero-order valence-electron chi connectivity index (χ0n) is 14.9. The minimum atomic E-state index is -0.422. The first-order valence-electron chi connectivity index (χ1n) is 7.77. The molecule has 132 valence electrons. The highest BCUT2D eigenvalue weighted by Crippen LogP contribution is 2.38. The van der Waals surface area contributed by atoms with E-state index in [2.05, 4.69) is 0 Å². The average molecular weight is 342 g/mol. The van der Waals surface area contributed by atoms with E-state index in [9.17, 15) is 4.79 Å². The lowest BCUT2D eigenvalue weighted by molar-refractivity contribution is -0.138. The van der Waals surface area contributed by atoms with E-state index in [-0.39, 0.29) is 6.61 Å². The van der Waals surface area contributed by atoms with E-state index in [1.54, 1.807) is 18.2 Å². The molecule has 0 aliphatic carbocycles. The lowest BCUT2D eigenvalue weighted by Gasteiger charge is -2.14. The Morgan fingerprint density at radius 3 is 2.08 bits per heavy atom. The van der Waals surface area contributed by atoms with Crippen molar-refractivity contribution in [1.82, 2.24) is 0 Å². The van der Waals surface area contributed by atoms with Crippen LogP contribution in [0, 0.1) is 6.92 Å². The molecule has 0 spiro atoms. The number of esters is 1. The molecule has 2 aromatic carbocycles. The predicted molar refractivity (Wildman–Crippen MR) is 96.1 cm³/mol. The second-order valence-electron chi connectivity index (χ2n) is 5.39. The van der Waals surface area contributed by atoms with Gasteiger partial charge in [-0.25, -0.2) is 4.79 Å². The van der Waals surface area contributed by atoms with E-state index in [0.29, 0.717) is 17.2 Å². The lowest BCUT2D eigenvalue weighted by atomic mass is 10.1. The summed E-state index contributed by atoms with van der Waals surface area (Å²) in [7, 11) is 4.62. The molecule has 0 unspecified atom stereocenters. The van der Waals surface area contributed by atoms with Crippen molar-refractivity contribution in [3.05, 3.63) is 59.2 Å². The van der Waals surface area contributed by atoms with Crippen LogP contribution in [0.3, 0.4) is 0 Å². The summed E-state index contributed by atoms with van der Waals surface area (Å²) in [6, 6.07) is 11.4. The van der Waals surface area contributed by atoms with E-state index in [0.717, 1.165) is 11.1 Å². The summed E-state index contributed by atoms with van der Waals surface area (Å²) < 4.78 is 21.1. The Morgan fingerprint density at radius 2 is 1.56 bits per heavy atom. The van der Waals surface area contributed by atoms with Crippen molar-refractivity contribution >= 4 is 12.0 Å². The van der Waals surface area contributed by atoms with Gasteiger partial charge in [0.2, 0.25) is 5.75 Å². The third kappa shape index (κ3) is 5.01. The topological polar surface area (TPSA) is 54.0 Å². The number of methoxy groups -OCH3 is 3. The smallest absolute Gasteiger partial charge is 0.331 e. The van der Waals surface area contributed by atoms with Gasteiger partial charge in [-0.3, -0.25) is 0 Å². The monoisotopic (exact) mass is 342 g/mol. The van der Waals surface area contributed by atoms with Crippen LogP contribution in [0.15, 0.2) is 42.5 Å². The van der Waals surface area contributed by atoms with Gasteiger partial charge in [0.25, 0.3) is 0 Å². The summed E-state index contributed by atoms with van der Waals surface area (Å²) in [5, 5.41) is 0. The number of rotatable bonds is 7. The van der Waals surface area contributed by atoms with Gasteiger partial charge in [0.15, 0.2) is 11.5 Å². The number of hydrogen-bond acceptors (Lipinski definition) is 5. The van der Waals surface area contributed by atoms with Crippen molar-refractivity contribution in [2.75, 3.05) is 21.3 Å². The predicted octanol–water partition coefficient (Wildman–Crippen LogP) is 3.78. The average Bonchev–Trinajstić information content (AvgIpc) is 2.64. The molecule has 2 aromatic rings. The Labute approximate surface area is 147 Å². The zero-order chi connectivity index (χ0) is 18.2. The molecule has 0 fully saturated rings. The molecule has 0 saturated heterocycles. The maximum Gasteiger partial charge on any atom is 0.331 e. The van der Waals surface area contributed by atoms with Crippen molar-refractivity contribution in [2.24, 2.45) is 0 Å². The highest BCUT2D eigenvalue weighted by Gasteiger charge is 2.13. The molecule has 0 amide bonds. The molecule has 0 N–H and O–H groups in total. The Bertz CT molecular complexity index is 722. The first kappa shape index (κ1) is 18.4. The van der Waals surface area contributed by atoms with Crippen LogP contribution < -0.4 is 14.2 Å². The molecule has 0 radical (unpaired) electrons. The van der Waals surface area contributed by atoms with E-state index >= 15 is 0 Å². The van der Waals surface area contributed by atoms with Gasteiger partial charge in [-0.1, -0.05) is 29.8 Å². The van der Waals surface area contributed by atoms with Gasteiger partial charge in [-0.2, -0.15) is 0 Å². The fourth-order valence-corrected chi connectivity index (χ4v) is 2.26. The van der Waals surface area contributed by atoms with Gasteiger partial charge in [-0.05, 0) is 36.3 Å². The maximum absolute atomic E-state index is 11.9. The van der Waals surface area contributed by atoms with E-state index in [1.165, 1.54) is 33.0 Å². The van der Waals surface area contributed by atoms with Crippen molar-refractivity contribution in [3.8, 4) is 17.2 Å². The highest BCUT2D eigenvalue weighted by atomic mass is 16.5. The van der Waals surface area contributed by atoms with Crippen molar-refractivity contribution in [2.45, 2.75) is 13.5 Å². The van der Waals surface area contributed by atoms with E-state index < -0.39 is 5.97 Å². The molecular formula is C20H22O5. The number of carbonyl (C=O) groups is 1. The van der Waals surface area contributed by atoms with Gasteiger partial charge in [0.1, 0.15) is 6.61 Å². The van der Waals surface area contributed by atoms with Crippen LogP contribution in [-0.4, -0.2) is 27.3 Å². The summed E-state index contributed by atoms with van der Waals surface area (Å²) in [5.74, 6) is 1.11. The number of benzene rings is 2. The Morgan fingerprint density at radius 1 is 0.960 bits per heavy atom. The highest BCUT2D eigenvalue weighted by molar-refractivity contribution is 5.87. The van der Waals surface area contributed by atoms with Crippen LogP contribution >= 0.6 is 0 Å². The Balaban J connectivity index is 2.02.